The van der Waals surface area contributed by atoms with Gasteiger partial charge in [-0.25, -0.2) is 0 Å². The van der Waals surface area contributed by atoms with Crippen molar-refractivity contribution in [3.05, 3.63) is 0 Å². The third-order valence-electron chi connectivity index (χ3n) is 1.52. The van der Waals surface area contributed by atoms with E-state index in [4.69, 9.17) is 0 Å². The Balaban J connectivity index is 0. The van der Waals surface area contributed by atoms with E-state index in [1.165, 1.54) is 0 Å². The SMILES string of the molecule is CC.CCCC(=O)C(CS)NCC. The van der Waals surface area contributed by atoms with Gasteiger partial charge >= 0.3 is 0 Å². The maximum Gasteiger partial charge on any atom is 0.150 e. The summed E-state index contributed by atoms with van der Waals surface area (Å²) in [5, 5.41) is 3.09. The van der Waals surface area contributed by atoms with E-state index < -0.39 is 0 Å². The summed E-state index contributed by atoms with van der Waals surface area (Å²) in [6, 6.07) is -0.0386. The van der Waals surface area contributed by atoms with Gasteiger partial charge in [0.15, 0.2) is 5.78 Å². The molecule has 0 rings (SSSR count). The molecule has 80 valence electrons. The van der Waals surface area contributed by atoms with Crippen molar-refractivity contribution in [3.8, 4) is 0 Å². The smallest absolute Gasteiger partial charge is 0.150 e. The van der Waals surface area contributed by atoms with Gasteiger partial charge in [-0.3, -0.25) is 4.79 Å². The van der Waals surface area contributed by atoms with Crippen molar-refractivity contribution in [3.63, 3.8) is 0 Å². The molecule has 0 fully saturated rings. The van der Waals surface area contributed by atoms with Crippen molar-refractivity contribution >= 4 is 18.4 Å². The number of hydrogen-bond acceptors (Lipinski definition) is 3. The van der Waals surface area contributed by atoms with Crippen LogP contribution in [0.5, 0.6) is 0 Å². The number of rotatable bonds is 6. The number of Topliss-reactive ketones (excluding diaryl/α,β-unsaturated/α-hetero) is 1. The van der Waals surface area contributed by atoms with Gasteiger partial charge in [-0.15, -0.1) is 0 Å². The first-order valence-electron chi connectivity index (χ1n) is 5.13. The molecule has 0 aliphatic carbocycles. The Hall–Kier alpha value is -0.0200. The quantitative estimate of drug-likeness (QED) is 0.651. The second-order valence-electron chi connectivity index (χ2n) is 2.51. The molecule has 0 aromatic carbocycles. The molecule has 0 aromatic heterocycles. The molecule has 0 aromatic rings. The average Bonchev–Trinajstić information content (AvgIpc) is 2.17. The number of carbonyl (C=O) groups is 1. The zero-order valence-electron chi connectivity index (χ0n) is 9.26. The second kappa shape index (κ2) is 12.0. The van der Waals surface area contributed by atoms with Crippen LogP contribution in [-0.4, -0.2) is 24.1 Å². The maximum absolute atomic E-state index is 11.3. The van der Waals surface area contributed by atoms with E-state index in [2.05, 4.69) is 17.9 Å². The van der Waals surface area contributed by atoms with Crippen LogP contribution in [0.4, 0.5) is 0 Å². The number of carbonyl (C=O) groups excluding carboxylic acids is 1. The first kappa shape index (κ1) is 15.5. The van der Waals surface area contributed by atoms with Crippen LogP contribution < -0.4 is 5.32 Å². The summed E-state index contributed by atoms with van der Waals surface area (Å²) in [4.78, 5) is 11.3. The van der Waals surface area contributed by atoms with Crippen LogP contribution in [0.3, 0.4) is 0 Å². The van der Waals surface area contributed by atoms with E-state index in [1.54, 1.807) is 0 Å². The van der Waals surface area contributed by atoms with Crippen LogP contribution in [0, 0.1) is 0 Å². The Morgan fingerprint density at radius 2 is 1.92 bits per heavy atom. The lowest BCUT2D eigenvalue weighted by atomic mass is 10.1. The first-order chi connectivity index (χ1) is 6.26. The molecule has 1 atom stereocenters. The summed E-state index contributed by atoms with van der Waals surface area (Å²) < 4.78 is 0. The zero-order valence-corrected chi connectivity index (χ0v) is 10.2. The Morgan fingerprint density at radius 3 is 2.23 bits per heavy atom. The molecule has 2 nitrogen and oxygen atoms in total. The third kappa shape index (κ3) is 8.31. The van der Waals surface area contributed by atoms with Crippen LogP contribution in [0.2, 0.25) is 0 Å². The predicted octanol–water partition coefficient (Wildman–Crippen LogP) is 2.29. The molecule has 0 radical (unpaired) electrons. The number of hydrogen-bond donors (Lipinski definition) is 2. The molecule has 0 saturated heterocycles. The minimum atomic E-state index is -0.0386. The van der Waals surface area contributed by atoms with Crippen LogP contribution in [0.1, 0.15) is 40.5 Å². The van der Waals surface area contributed by atoms with E-state index in [1.807, 2.05) is 27.7 Å². The van der Waals surface area contributed by atoms with Crippen LogP contribution in [0.25, 0.3) is 0 Å². The molecule has 0 aliphatic heterocycles. The molecule has 0 heterocycles. The highest BCUT2D eigenvalue weighted by molar-refractivity contribution is 7.80. The molecule has 1 N–H and O–H groups in total. The van der Waals surface area contributed by atoms with Crippen molar-refractivity contribution in [2.75, 3.05) is 12.3 Å². The monoisotopic (exact) mass is 205 g/mol. The normalized spacial score (nSPS) is 11.5. The lowest BCUT2D eigenvalue weighted by Crippen LogP contribution is -2.38. The topological polar surface area (TPSA) is 29.1 Å². The van der Waals surface area contributed by atoms with E-state index in [9.17, 15) is 4.79 Å². The molecule has 1 unspecified atom stereocenters. The molecule has 0 saturated carbocycles. The van der Waals surface area contributed by atoms with Crippen molar-refractivity contribution in [2.45, 2.75) is 46.6 Å². The summed E-state index contributed by atoms with van der Waals surface area (Å²) in [6.07, 6.45) is 1.59. The van der Waals surface area contributed by atoms with Crippen LogP contribution >= 0.6 is 12.6 Å². The lowest BCUT2D eigenvalue weighted by molar-refractivity contribution is -0.120. The Kier molecular flexibility index (Phi) is 14.2. The summed E-state index contributed by atoms with van der Waals surface area (Å²) in [5.74, 6) is 0.886. The van der Waals surface area contributed by atoms with Crippen molar-refractivity contribution in [1.82, 2.24) is 5.32 Å². The Bertz CT molecular complexity index is 117. The first-order valence-corrected chi connectivity index (χ1v) is 5.76. The summed E-state index contributed by atoms with van der Waals surface area (Å²) in [5.41, 5.74) is 0. The highest BCUT2D eigenvalue weighted by atomic mass is 32.1. The minimum Gasteiger partial charge on any atom is -0.307 e. The average molecular weight is 205 g/mol. The lowest BCUT2D eigenvalue weighted by Gasteiger charge is -2.12. The fourth-order valence-corrected chi connectivity index (χ4v) is 1.28. The van der Waals surface area contributed by atoms with E-state index in [0.717, 1.165) is 13.0 Å². The highest BCUT2D eigenvalue weighted by Crippen LogP contribution is 1.97. The van der Waals surface area contributed by atoms with Gasteiger partial charge in [-0.2, -0.15) is 12.6 Å². The molecular formula is C10H23NOS. The standard InChI is InChI=1S/C8H17NOS.C2H6/c1-3-5-8(10)7(6-11)9-4-2;1-2/h7,9,11H,3-6H2,1-2H3;1-2H3. The molecule has 0 aliphatic rings. The van der Waals surface area contributed by atoms with Gasteiger partial charge in [0.2, 0.25) is 0 Å². The van der Waals surface area contributed by atoms with Gasteiger partial charge in [0.1, 0.15) is 0 Å². The highest BCUT2D eigenvalue weighted by Gasteiger charge is 2.13. The molecule has 0 bridgehead atoms. The largest absolute Gasteiger partial charge is 0.307 e. The molecule has 0 spiro atoms. The van der Waals surface area contributed by atoms with Crippen molar-refractivity contribution < 1.29 is 4.79 Å². The number of ketones is 1. The molecule has 13 heavy (non-hydrogen) atoms. The fourth-order valence-electron chi connectivity index (χ4n) is 0.947. The van der Waals surface area contributed by atoms with Gasteiger partial charge in [-0.05, 0) is 13.0 Å². The number of likely N-dealkylation sites (N-methyl/N-ethyl adjacent to an activating group) is 1. The van der Waals surface area contributed by atoms with E-state index >= 15 is 0 Å². The Labute approximate surface area is 87.9 Å². The Morgan fingerprint density at radius 1 is 1.38 bits per heavy atom. The second-order valence-corrected chi connectivity index (χ2v) is 2.87. The van der Waals surface area contributed by atoms with Gasteiger partial charge in [0, 0.05) is 12.2 Å². The fraction of sp³-hybridized carbons (Fsp3) is 0.900. The predicted molar refractivity (Wildman–Crippen MR) is 62.6 cm³/mol. The third-order valence-corrected chi connectivity index (χ3v) is 1.88. The molecule has 3 heteroatoms. The van der Waals surface area contributed by atoms with E-state index in [-0.39, 0.29) is 11.8 Å². The van der Waals surface area contributed by atoms with Crippen molar-refractivity contribution in [2.24, 2.45) is 0 Å². The van der Waals surface area contributed by atoms with Gasteiger partial charge in [-0.1, -0.05) is 27.7 Å². The summed E-state index contributed by atoms with van der Waals surface area (Å²) >= 11 is 4.10. The van der Waals surface area contributed by atoms with Crippen LogP contribution in [0.15, 0.2) is 0 Å². The molecular weight excluding hydrogens is 182 g/mol. The van der Waals surface area contributed by atoms with Gasteiger partial charge < -0.3 is 5.32 Å². The summed E-state index contributed by atoms with van der Waals surface area (Å²) in [7, 11) is 0. The van der Waals surface area contributed by atoms with Crippen LogP contribution in [-0.2, 0) is 4.79 Å². The van der Waals surface area contributed by atoms with Gasteiger partial charge in [0.05, 0.1) is 6.04 Å². The van der Waals surface area contributed by atoms with Gasteiger partial charge in [0.25, 0.3) is 0 Å². The number of nitrogens with one attached hydrogen (secondary N) is 1. The number of thiol groups is 1. The van der Waals surface area contributed by atoms with Crippen molar-refractivity contribution in [1.29, 1.82) is 0 Å². The maximum atomic E-state index is 11.3. The summed E-state index contributed by atoms with van der Waals surface area (Å²) in [6.45, 7) is 8.84. The zero-order chi connectivity index (χ0) is 10.7. The minimum absolute atomic E-state index is 0.0386. The van der Waals surface area contributed by atoms with E-state index in [0.29, 0.717) is 12.2 Å². The molecule has 0 amide bonds.